The summed E-state index contributed by atoms with van der Waals surface area (Å²) in [4.78, 5) is 22.0. The van der Waals surface area contributed by atoms with Crippen molar-refractivity contribution in [1.82, 2.24) is 5.43 Å². The van der Waals surface area contributed by atoms with Crippen LogP contribution in [0.15, 0.2) is 18.2 Å². The summed E-state index contributed by atoms with van der Waals surface area (Å²) in [5.41, 5.74) is 13.6. The van der Waals surface area contributed by atoms with Crippen LogP contribution in [0.25, 0.3) is 0 Å². The van der Waals surface area contributed by atoms with Crippen LogP contribution in [-0.2, 0) is 9.59 Å². The molecule has 1 aromatic rings. The molecule has 1 amide bonds. The Kier molecular flexibility index (Phi) is 5.32. The first-order valence-electron chi connectivity index (χ1n) is 6.01. The number of carbonyl (C=O) groups is 2. The second-order valence-corrected chi connectivity index (χ2v) is 4.40. The molecule has 0 aliphatic rings. The number of hydrazine groups is 1. The first-order valence-corrected chi connectivity index (χ1v) is 6.01. The van der Waals surface area contributed by atoms with Crippen molar-refractivity contribution >= 4 is 17.6 Å². The van der Waals surface area contributed by atoms with Gasteiger partial charge in [0.1, 0.15) is 6.04 Å². The Labute approximate surface area is 112 Å². The number of hydrogen-bond acceptors (Lipinski definition) is 4. The molecule has 0 heterocycles. The van der Waals surface area contributed by atoms with E-state index in [0.717, 1.165) is 16.8 Å². The molecule has 0 saturated heterocycles. The Hall–Kier alpha value is -2.08. The highest BCUT2D eigenvalue weighted by Gasteiger charge is 2.13. The zero-order chi connectivity index (χ0) is 14.4. The van der Waals surface area contributed by atoms with E-state index in [1.165, 1.54) is 0 Å². The fourth-order valence-corrected chi connectivity index (χ4v) is 1.50. The Morgan fingerprint density at radius 2 is 2.05 bits per heavy atom. The second-order valence-electron chi connectivity index (χ2n) is 4.40. The molecule has 6 heteroatoms. The summed E-state index contributed by atoms with van der Waals surface area (Å²) in [7, 11) is 0. The van der Waals surface area contributed by atoms with Gasteiger partial charge in [0, 0.05) is 6.42 Å². The third-order valence-electron chi connectivity index (χ3n) is 2.94. The minimum atomic E-state index is -1.10. The van der Waals surface area contributed by atoms with E-state index in [4.69, 9.17) is 10.8 Å². The molecule has 5 N–H and O–H groups in total. The van der Waals surface area contributed by atoms with E-state index in [1.807, 2.05) is 32.0 Å². The molecule has 0 spiro atoms. The van der Waals surface area contributed by atoms with E-state index in [-0.39, 0.29) is 18.7 Å². The summed E-state index contributed by atoms with van der Waals surface area (Å²) in [6, 6.07) is 4.71. The van der Waals surface area contributed by atoms with Crippen molar-refractivity contribution in [2.45, 2.75) is 32.7 Å². The van der Waals surface area contributed by atoms with E-state index >= 15 is 0 Å². The fourth-order valence-electron chi connectivity index (χ4n) is 1.50. The molecule has 104 valence electrons. The van der Waals surface area contributed by atoms with Gasteiger partial charge >= 0.3 is 5.97 Å². The smallest absolute Gasteiger partial charge is 0.320 e. The van der Waals surface area contributed by atoms with Crippen molar-refractivity contribution in [1.29, 1.82) is 0 Å². The summed E-state index contributed by atoms with van der Waals surface area (Å²) in [5, 5.41) is 8.60. The molecule has 0 aliphatic heterocycles. The maximum atomic E-state index is 11.5. The third-order valence-corrected chi connectivity index (χ3v) is 2.94. The van der Waals surface area contributed by atoms with Crippen molar-refractivity contribution in [2.24, 2.45) is 5.73 Å². The lowest BCUT2D eigenvalue weighted by atomic mass is 10.1. The molecule has 0 unspecified atom stereocenters. The van der Waals surface area contributed by atoms with Gasteiger partial charge in [0.2, 0.25) is 5.91 Å². The number of amides is 1. The largest absolute Gasteiger partial charge is 0.480 e. The Bertz CT molecular complexity index is 474. The van der Waals surface area contributed by atoms with E-state index in [2.05, 4.69) is 10.9 Å². The van der Waals surface area contributed by atoms with Gasteiger partial charge < -0.3 is 10.8 Å². The minimum absolute atomic E-state index is 0.0608. The SMILES string of the molecule is Cc1cccc(NNC(=O)CC[C@H](N)C(=O)O)c1C. The molecule has 1 atom stereocenters. The molecular weight excluding hydrogens is 246 g/mol. The number of carboxylic acid groups (broad SMARTS) is 1. The molecule has 0 bridgehead atoms. The number of rotatable bonds is 6. The lowest BCUT2D eigenvalue weighted by molar-refractivity contribution is -0.138. The normalized spacial score (nSPS) is 11.7. The van der Waals surface area contributed by atoms with Crippen LogP contribution < -0.4 is 16.6 Å². The monoisotopic (exact) mass is 265 g/mol. The average Bonchev–Trinajstić information content (AvgIpc) is 2.37. The first kappa shape index (κ1) is 15.0. The Balaban J connectivity index is 2.42. The zero-order valence-corrected chi connectivity index (χ0v) is 11.1. The van der Waals surface area contributed by atoms with Gasteiger partial charge in [-0.2, -0.15) is 0 Å². The number of nitrogens with one attached hydrogen (secondary N) is 2. The van der Waals surface area contributed by atoms with Gasteiger partial charge in [-0.1, -0.05) is 12.1 Å². The van der Waals surface area contributed by atoms with Gasteiger partial charge in [-0.05, 0) is 37.5 Å². The van der Waals surface area contributed by atoms with Crippen LogP contribution in [-0.4, -0.2) is 23.0 Å². The molecule has 0 radical (unpaired) electrons. The Morgan fingerprint density at radius 1 is 1.37 bits per heavy atom. The summed E-state index contributed by atoms with van der Waals surface area (Å²) >= 11 is 0. The number of nitrogens with two attached hydrogens (primary N) is 1. The first-order chi connectivity index (χ1) is 8.91. The van der Waals surface area contributed by atoms with Crippen molar-refractivity contribution in [2.75, 3.05) is 5.43 Å². The maximum Gasteiger partial charge on any atom is 0.320 e. The predicted octanol–water partition coefficient (Wildman–Crippen LogP) is 0.939. The quantitative estimate of drug-likeness (QED) is 0.573. The molecule has 0 fully saturated rings. The average molecular weight is 265 g/mol. The number of anilines is 1. The summed E-state index contributed by atoms with van der Waals surface area (Å²) in [6.45, 7) is 3.93. The van der Waals surface area contributed by atoms with Crippen LogP contribution in [0, 0.1) is 13.8 Å². The third kappa shape index (κ3) is 4.59. The molecule has 19 heavy (non-hydrogen) atoms. The van der Waals surface area contributed by atoms with Gasteiger partial charge in [-0.15, -0.1) is 0 Å². The van der Waals surface area contributed by atoms with E-state index in [0.29, 0.717) is 0 Å². The molecule has 1 rings (SSSR count). The predicted molar refractivity (Wildman–Crippen MR) is 72.5 cm³/mol. The van der Waals surface area contributed by atoms with Crippen molar-refractivity contribution in [3.63, 3.8) is 0 Å². The molecule has 0 aromatic heterocycles. The van der Waals surface area contributed by atoms with Crippen LogP contribution in [0.4, 0.5) is 5.69 Å². The molecule has 6 nitrogen and oxygen atoms in total. The molecule has 0 aliphatic carbocycles. The van der Waals surface area contributed by atoms with E-state index < -0.39 is 12.0 Å². The van der Waals surface area contributed by atoms with Crippen LogP contribution in [0.3, 0.4) is 0 Å². The van der Waals surface area contributed by atoms with E-state index in [9.17, 15) is 9.59 Å². The summed E-state index contributed by atoms with van der Waals surface area (Å²) in [6.07, 6.45) is 0.168. The van der Waals surface area contributed by atoms with Crippen molar-refractivity contribution in [3.8, 4) is 0 Å². The highest BCUT2D eigenvalue weighted by molar-refractivity contribution is 5.79. The highest BCUT2D eigenvalue weighted by Crippen LogP contribution is 2.16. The van der Waals surface area contributed by atoms with Gasteiger partial charge in [-0.3, -0.25) is 20.4 Å². The van der Waals surface area contributed by atoms with Crippen molar-refractivity contribution in [3.05, 3.63) is 29.3 Å². The minimum Gasteiger partial charge on any atom is -0.480 e. The lowest BCUT2D eigenvalue weighted by Gasteiger charge is -2.13. The van der Waals surface area contributed by atoms with Crippen LogP contribution >= 0.6 is 0 Å². The topological polar surface area (TPSA) is 104 Å². The number of aryl methyl sites for hydroxylation is 1. The van der Waals surface area contributed by atoms with Gasteiger partial charge in [0.05, 0.1) is 5.69 Å². The van der Waals surface area contributed by atoms with Crippen molar-refractivity contribution < 1.29 is 14.7 Å². The number of carbonyl (C=O) groups excluding carboxylic acids is 1. The van der Waals surface area contributed by atoms with Crippen LogP contribution in [0.2, 0.25) is 0 Å². The lowest BCUT2D eigenvalue weighted by Crippen LogP contribution is -2.34. The van der Waals surface area contributed by atoms with Crippen LogP contribution in [0.5, 0.6) is 0 Å². The fraction of sp³-hybridized carbons (Fsp3) is 0.385. The number of carboxylic acids is 1. The molecular formula is C13H19N3O3. The number of benzene rings is 1. The Morgan fingerprint density at radius 3 is 2.68 bits per heavy atom. The maximum absolute atomic E-state index is 11.5. The van der Waals surface area contributed by atoms with Gasteiger partial charge in [-0.25, -0.2) is 0 Å². The summed E-state index contributed by atoms with van der Waals surface area (Å²) < 4.78 is 0. The number of aliphatic carboxylic acids is 1. The zero-order valence-electron chi connectivity index (χ0n) is 11.1. The van der Waals surface area contributed by atoms with E-state index in [1.54, 1.807) is 0 Å². The highest BCUT2D eigenvalue weighted by atomic mass is 16.4. The van der Waals surface area contributed by atoms with Gasteiger partial charge in [0.25, 0.3) is 0 Å². The van der Waals surface area contributed by atoms with Gasteiger partial charge in [0.15, 0.2) is 0 Å². The standard InChI is InChI=1S/C13H19N3O3/c1-8-4-3-5-11(9(8)2)15-16-12(17)7-6-10(14)13(18)19/h3-5,10,15H,6-7,14H2,1-2H3,(H,16,17)(H,18,19)/t10-/m0/s1. The summed E-state index contributed by atoms with van der Waals surface area (Å²) in [5.74, 6) is -1.40. The molecule has 0 saturated carbocycles. The second kappa shape index (κ2) is 6.75. The molecule has 1 aromatic carbocycles. The van der Waals surface area contributed by atoms with Crippen LogP contribution in [0.1, 0.15) is 24.0 Å². The number of hydrogen-bond donors (Lipinski definition) is 4.